The Morgan fingerprint density at radius 3 is 2.47 bits per heavy atom. The molecular weight excluding hydrogens is 437 g/mol. The van der Waals surface area contributed by atoms with Gasteiger partial charge in [0.1, 0.15) is 11.4 Å². The zero-order valence-electron chi connectivity index (χ0n) is 18.8. The fourth-order valence-corrected chi connectivity index (χ4v) is 7.48. The van der Waals surface area contributed by atoms with Crippen LogP contribution < -0.4 is 10.1 Å². The maximum absolute atomic E-state index is 15.3. The predicted octanol–water partition coefficient (Wildman–Crippen LogP) is 0.684. The number of imide groups is 1. The van der Waals surface area contributed by atoms with Crippen LogP contribution in [0.25, 0.3) is 0 Å². The van der Waals surface area contributed by atoms with Crippen molar-refractivity contribution in [3.8, 4) is 0 Å². The first-order valence-electron chi connectivity index (χ1n) is 11.8. The summed E-state index contributed by atoms with van der Waals surface area (Å²) < 4.78 is 43.9. The Morgan fingerprint density at radius 2 is 1.88 bits per heavy atom. The number of nitrogens with zero attached hydrogens (tertiary/aromatic N) is 3. The first-order chi connectivity index (χ1) is 15.1. The third kappa shape index (κ3) is 4.28. The number of carbonyl (C=O) groups excluding carboxylic acids is 2. The van der Waals surface area contributed by atoms with Crippen molar-refractivity contribution in [1.82, 2.24) is 25.0 Å². The van der Waals surface area contributed by atoms with Crippen molar-refractivity contribution >= 4 is 22.0 Å². The van der Waals surface area contributed by atoms with E-state index in [1.807, 2.05) is 19.0 Å². The zero-order valence-corrected chi connectivity index (χ0v) is 19.6. The van der Waals surface area contributed by atoms with Gasteiger partial charge in [-0.2, -0.15) is 0 Å². The van der Waals surface area contributed by atoms with Crippen molar-refractivity contribution in [3.63, 3.8) is 0 Å². The van der Waals surface area contributed by atoms with Crippen molar-refractivity contribution in [2.24, 2.45) is 17.8 Å². The normalized spacial score (nSPS) is 37.7. The van der Waals surface area contributed by atoms with Gasteiger partial charge in [-0.15, -0.1) is 0 Å². The Balaban J connectivity index is 1.38. The molecule has 0 radical (unpaired) electrons. The number of hydrogen-bond donors (Lipinski definition) is 2. The number of amides is 3. The minimum absolute atomic E-state index is 0.0795. The molecule has 0 spiro atoms. The third-order valence-corrected chi connectivity index (χ3v) is 9.90. The fourth-order valence-electron chi connectivity index (χ4n) is 5.47. The van der Waals surface area contributed by atoms with Gasteiger partial charge >= 0.3 is 6.03 Å². The number of hydrazine groups is 1. The second-order valence-corrected chi connectivity index (χ2v) is 12.7. The second-order valence-electron chi connectivity index (χ2n) is 10.8. The number of nitrogens with one attached hydrogen (secondary N) is 2. The molecule has 5 atom stereocenters. The summed E-state index contributed by atoms with van der Waals surface area (Å²) in [6.45, 7) is 4.04. The molecule has 3 aliphatic carbocycles. The Morgan fingerprint density at radius 1 is 1.16 bits per heavy atom. The molecular formula is C21H34FN5O4S. The van der Waals surface area contributed by atoms with Gasteiger partial charge in [-0.05, 0) is 44.9 Å². The van der Waals surface area contributed by atoms with E-state index in [0.29, 0.717) is 25.6 Å². The smallest absolute Gasteiger partial charge is 0.320 e. The summed E-state index contributed by atoms with van der Waals surface area (Å²) in [6.07, 6.45) is 1.76. The van der Waals surface area contributed by atoms with Crippen LogP contribution >= 0.6 is 0 Å². The molecule has 0 aromatic rings. The van der Waals surface area contributed by atoms with E-state index < -0.39 is 38.9 Å². The van der Waals surface area contributed by atoms with E-state index in [9.17, 15) is 18.0 Å². The second kappa shape index (κ2) is 7.89. The standard InChI is InChI=1S/C21H34FN5O4S/c1-21(5-6-21)24-32(30,31)18-7-15-17(8-16(18)22)26(11-13-3-4-13)20(29)27(19(15)28)12-14-9-23-25(2)10-14/h13-18,23-24H,3-12H2,1-2H3. The van der Waals surface area contributed by atoms with Crippen LogP contribution in [0, 0.1) is 17.8 Å². The molecule has 11 heteroatoms. The van der Waals surface area contributed by atoms with Gasteiger partial charge in [0.2, 0.25) is 15.9 Å². The molecule has 32 heavy (non-hydrogen) atoms. The van der Waals surface area contributed by atoms with Crippen LogP contribution in [-0.2, 0) is 14.8 Å². The SMILES string of the molecule is CN1CC(CN2C(=O)C3CC(S(=O)(=O)NC4(C)CC4)C(F)CC3N(CC3CC3)C2=O)CN1. The lowest BCUT2D eigenvalue weighted by Crippen LogP contribution is -2.66. The van der Waals surface area contributed by atoms with Crippen molar-refractivity contribution < 1.29 is 22.4 Å². The van der Waals surface area contributed by atoms with Crippen LogP contribution in [0.15, 0.2) is 0 Å². The number of alkyl halides is 1. The Kier molecular flexibility index (Phi) is 5.54. The van der Waals surface area contributed by atoms with Gasteiger partial charge in [0.15, 0.2) is 0 Å². The van der Waals surface area contributed by atoms with Crippen LogP contribution in [0.5, 0.6) is 0 Å². The van der Waals surface area contributed by atoms with Crippen molar-refractivity contribution in [3.05, 3.63) is 0 Å². The molecule has 3 saturated carbocycles. The van der Waals surface area contributed by atoms with E-state index in [2.05, 4.69) is 10.1 Å². The predicted molar refractivity (Wildman–Crippen MR) is 116 cm³/mol. The number of sulfonamides is 1. The molecule has 2 heterocycles. The summed E-state index contributed by atoms with van der Waals surface area (Å²) in [5.41, 5.74) is 2.70. The van der Waals surface area contributed by atoms with Gasteiger partial charge in [-0.1, -0.05) is 0 Å². The van der Waals surface area contributed by atoms with Crippen LogP contribution in [0.1, 0.15) is 45.4 Å². The number of halogens is 1. The van der Waals surface area contributed by atoms with Crippen molar-refractivity contribution in [1.29, 1.82) is 0 Å². The Bertz CT molecular complexity index is 893. The highest BCUT2D eigenvalue weighted by atomic mass is 32.2. The van der Waals surface area contributed by atoms with Gasteiger partial charge in [-0.25, -0.2) is 27.3 Å². The summed E-state index contributed by atoms with van der Waals surface area (Å²) in [5.74, 6) is -0.517. The maximum atomic E-state index is 15.3. The van der Waals surface area contributed by atoms with E-state index in [4.69, 9.17) is 0 Å². The largest absolute Gasteiger partial charge is 0.326 e. The molecule has 5 rings (SSSR count). The van der Waals surface area contributed by atoms with Gasteiger partial charge < -0.3 is 4.90 Å². The highest BCUT2D eigenvalue weighted by Crippen LogP contribution is 2.42. The lowest BCUT2D eigenvalue weighted by molar-refractivity contribution is -0.142. The molecule has 0 aromatic heterocycles. The Hall–Kier alpha value is -1.30. The van der Waals surface area contributed by atoms with E-state index in [1.54, 1.807) is 4.90 Å². The van der Waals surface area contributed by atoms with Gasteiger partial charge in [-0.3, -0.25) is 15.1 Å². The minimum Gasteiger partial charge on any atom is -0.320 e. The zero-order chi connectivity index (χ0) is 22.8. The number of carbonyl (C=O) groups is 2. The van der Waals surface area contributed by atoms with Crippen molar-refractivity contribution in [2.45, 2.75) is 68.5 Å². The summed E-state index contributed by atoms with van der Waals surface area (Å²) in [4.78, 5) is 29.8. The lowest BCUT2D eigenvalue weighted by Gasteiger charge is -2.49. The first kappa shape index (κ1) is 22.5. The number of hydrogen-bond acceptors (Lipinski definition) is 6. The van der Waals surface area contributed by atoms with Crippen LogP contribution in [0.4, 0.5) is 9.18 Å². The van der Waals surface area contributed by atoms with E-state index in [0.717, 1.165) is 32.2 Å². The summed E-state index contributed by atoms with van der Waals surface area (Å²) in [7, 11) is -1.99. The molecule has 3 amide bonds. The molecule has 2 saturated heterocycles. The molecule has 5 aliphatic rings. The number of urea groups is 1. The average molecular weight is 472 g/mol. The number of rotatable bonds is 7. The highest BCUT2D eigenvalue weighted by Gasteiger charge is 2.56. The van der Waals surface area contributed by atoms with E-state index in [-0.39, 0.29) is 30.7 Å². The third-order valence-electron chi connectivity index (χ3n) is 7.84. The van der Waals surface area contributed by atoms with Crippen LogP contribution in [-0.4, -0.2) is 91.4 Å². The fraction of sp³-hybridized carbons (Fsp3) is 0.905. The Labute approximate surface area is 189 Å². The average Bonchev–Trinajstić information content (AvgIpc) is 3.63. The molecule has 2 aliphatic heterocycles. The minimum atomic E-state index is -3.91. The topological polar surface area (TPSA) is 102 Å². The van der Waals surface area contributed by atoms with E-state index >= 15 is 4.39 Å². The van der Waals surface area contributed by atoms with Crippen LogP contribution in [0.2, 0.25) is 0 Å². The molecule has 180 valence electrons. The van der Waals surface area contributed by atoms with E-state index in [1.165, 1.54) is 4.90 Å². The molecule has 0 aromatic carbocycles. The molecule has 9 nitrogen and oxygen atoms in total. The number of fused-ring (bicyclic) bond motifs is 1. The van der Waals surface area contributed by atoms with Gasteiger partial charge in [0.05, 0.1) is 5.92 Å². The molecule has 5 fully saturated rings. The van der Waals surface area contributed by atoms with Gasteiger partial charge in [0.25, 0.3) is 0 Å². The molecule has 0 bridgehead atoms. The summed E-state index contributed by atoms with van der Waals surface area (Å²) in [5, 5.41) is 0.678. The summed E-state index contributed by atoms with van der Waals surface area (Å²) >= 11 is 0. The van der Waals surface area contributed by atoms with Crippen molar-refractivity contribution in [2.75, 3.05) is 33.2 Å². The van der Waals surface area contributed by atoms with Crippen LogP contribution in [0.3, 0.4) is 0 Å². The highest BCUT2D eigenvalue weighted by molar-refractivity contribution is 7.90. The first-order valence-corrected chi connectivity index (χ1v) is 13.3. The monoisotopic (exact) mass is 471 g/mol. The van der Waals surface area contributed by atoms with Gasteiger partial charge in [0, 0.05) is 57.1 Å². The summed E-state index contributed by atoms with van der Waals surface area (Å²) in [6, 6.07) is -0.899. The lowest BCUT2D eigenvalue weighted by atomic mass is 9.79. The molecule has 2 N–H and O–H groups in total. The molecule has 5 unspecified atom stereocenters. The quantitative estimate of drug-likeness (QED) is 0.566. The maximum Gasteiger partial charge on any atom is 0.326 e.